The summed E-state index contributed by atoms with van der Waals surface area (Å²) in [6, 6.07) is -1.27. The first-order chi connectivity index (χ1) is 8.73. The molecule has 1 saturated carbocycles. The molecule has 0 aromatic rings. The number of urea groups is 1. The summed E-state index contributed by atoms with van der Waals surface area (Å²) in [6.45, 7) is 1.47. The van der Waals surface area contributed by atoms with Crippen LogP contribution in [0.2, 0.25) is 0 Å². The molecule has 0 saturated heterocycles. The Morgan fingerprint density at radius 2 is 2.00 bits per heavy atom. The molecule has 1 aliphatic heterocycles. The molecule has 2 unspecified atom stereocenters. The number of carboxylic acid groups (broad SMARTS) is 1. The molecule has 3 N–H and O–H groups in total. The summed E-state index contributed by atoms with van der Waals surface area (Å²) < 4.78 is 22.4. The second-order valence-corrected chi connectivity index (χ2v) is 7.08. The quantitative estimate of drug-likeness (QED) is 0.666. The number of sulfone groups is 1. The number of aliphatic carboxylic acids is 1. The standard InChI is InChI=1S/C11H16N2O5S/c1-11(9(14)15,7-2-3-7)13-10(16)12-8-4-5-19(17,18)6-8/h4-5,7-8H,2-3,6H2,1H3,(H,14,15)(H2,12,13,16). The van der Waals surface area contributed by atoms with Crippen LogP contribution < -0.4 is 10.6 Å². The van der Waals surface area contributed by atoms with E-state index in [4.69, 9.17) is 0 Å². The number of carboxylic acids is 1. The summed E-state index contributed by atoms with van der Waals surface area (Å²) in [5.74, 6) is -1.34. The summed E-state index contributed by atoms with van der Waals surface area (Å²) in [5, 5.41) is 15.1. The molecule has 19 heavy (non-hydrogen) atoms. The third-order valence-electron chi connectivity index (χ3n) is 3.46. The van der Waals surface area contributed by atoms with Crippen LogP contribution >= 0.6 is 0 Å². The van der Waals surface area contributed by atoms with Gasteiger partial charge in [-0.15, -0.1) is 0 Å². The van der Waals surface area contributed by atoms with Crippen LogP contribution in [0, 0.1) is 5.92 Å². The highest BCUT2D eigenvalue weighted by Gasteiger charge is 2.48. The number of nitrogens with one attached hydrogen (secondary N) is 2. The molecule has 2 aliphatic rings. The Bertz CT molecular complexity index is 537. The van der Waals surface area contributed by atoms with E-state index in [-0.39, 0.29) is 11.7 Å². The first kappa shape index (κ1) is 13.9. The number of hydrogen-bond acceptors (Lipinski definition) is 4. The predicted molar refractivity (Wildman–Crippen MR) is 67.1 cm³/mol. The van der Waals surface area contributed by atoms with E-state index >= 15 is 0 Å². The van der Waals surface area contributed by atoms with Crippen LogP contribution in [0.3, 0.4) is 0 Å². The highest BCUT2D eigenvalue weighted by atomic mass is 32.2. The third-order valence-corrected chi connectivity index (χ3v) is 4.85. The molecule has 1 fully saturated rings. The predicted octanol–water partition coefficient (Wildman–Crippen LogP) is -0.150. The van der Waals surface area contributed by atoms with Crippen LogP contribution in [-0.2, 0) is 14.6 Å². The molecule has 2 atom stereocenters. The zero-order valence-corrected chi connectivity index (χ0v) is 11.2. The Morgan fingerprint density at radius 3 is 2.42 bits per heavy atom. The van der Waals surface area contributed by atoms with Gasteiger partial charge in [0, 0.05) is 5.41 Å². The SMILES string of the molecule is CC(NC(=O)NC1C=CS(=O)(=O)C1)(C(=O)O)C1CC1. The fourth-order valence-electron chi connectivity index (χ4n) is 2.10. The lowest BCUT2D eigenvalue weighted by Gasteiger charge is -2.26. The van der Waals surface area contributed by atoms with Crippen molar-refractivity contribution >= 4 is 21.8 Å². The van der Waals surface area contributed by atoms with Crippen molar-refractivity contribution in [1.29, 1.82) is 0 Å². The minimum atomic E-state index is -3.24. The molecule has 1 heterocycles. The van der Waals surface area contributed by atoms with E-state index in [1.54, 1.807) is 0 Å². The minimum Gasteiger partial charge on any atom is -0.480 e. The molecular formula is C11H16N2O5S. The summed E-state index contributed by atoms with van der Waals surface area (Å²) in [4.78, 5) is 23.0. The maximum atomic E-state index is 11.7. The number of amides is 2. The highest BCUT2D eigenvalue weighted by molar-refractivity contribution is 7.94. The van der Waals surface area contributed by atoms with Gasteiger partial charge in [0.05, 0.1) is 11.8 Å². The van der Waals surface area contributed by atoms with Gasteiger partial charge in [-0.05, 0) is 31.8 Å². The van der Waals surface area contributed by atoms with Crippen molar-refractivity contribution in [2.75, 3.05) is 5.75 Å². The maximum Gasteiger partial charge on any atom is 0.329 e. The van der Waals surface area contributed by atoms with E-state index in [1.807, 2.05) is 0 Å². The minimum absolute atomic E-state index is 0.0707. The van der Waals surface area contributed by atoms with Gasteiger partial charge in [-0.25, -0.2) is 18.0 Å². The lowest BCUT2D eigenvalue weighted by molar-refractivity contribution is -0.144. The highest BCUT2D eigenvalue weighted by Crippen LogP contribution is 2.39. The van der Waals surface area contributed by atoms with Gasteiger partial charge in [0.2, 0.25) is 0 Å². The van der Waals surface area contributed by atoms with Crippen LogP contribution in [0.1, 0.15) is 19.8 Å². The number of carbonyl (C=O) groups is 2. The zero-order chi connectivity index (χ0) is 14.3. The number of carbonyl (C=O) groups excluding carboxylic acids is 1. The van der Waals surface area contributed by atoms with Crippen molar-refractivity contribution in [3.8, 4) is 0 Å². The first-order valence-electron chi connectivity index (χ1n) is 5.96. The fraction of sp³-hybridized carbons (Fsp3) is 0.636. The Kier molecular flexibility index (Phi) is 3.29. The van der Waals surface area contributed by atoms with Crippen molar-refractivity contribution in [1.82, 2.24) is 10.6 Å². The van der Waals surface area contributed by atoms with E-state index < -0.39 is 33.4 Å². The Hall–Kier alpha value is -1.57. The van der Waals surface area contributed by atoms with Gasteiger partial charge >= 0.3 is 12.0 Å². The largest absolute Gasteiger partial charge is 0.480 e. The van der Waals surface area contributed by atoms with Gasteiger partial charge in [0.1, 0.15) is 5.54 Å². The lowest BCUT2D eigenvalue weighted by Crippen LogP contribution is -2.58. The van der Waals surface area contributed by atoms with Crippen LogP contribution in [-0.4, -0.2) is 42.9 Å². The third kappa shape index (κ3) is 3.06. The molecule has 0 bridgehead atoms. The van der Waals surface area contributed by atoms with E-state index in [2.05, 4.69) is 10.6 Å². The van der Waals surface area contributed by atoms with Crippen molar-refractivity contribution < 1.29 is 23.1 Å². The van der Waals surface area contributed by atoms with Crippen molar-refractivity contribution in [3.05, 3.63) is 11.5 Å². The molecule has 0 spiro atoms. The van der Waals surface area contributed by atoms with Gasteiger partial charge in [-0.2, -0.15) is 0 Å². The topological polar surface area (TPSA) is 113 Å². The maximum absolute atomic E-state index is 11.7. The van der Waals surface area contributed by atoms with Crippen molar-refractivity contribution in [3.63, 3.8) is 0 Å². The molecule has 0 aromatic heterocycles. The average Bonchev–Trinajstić information content (AvgIpc) is 3.05. The molecular weight excluding hydrogens is 272 g/mol. The van der Waals surface area contributed by atoms with E-state index in [0.29, 0.717) is 0 Å². The molecule has 2 amide bonds. The molecule has 2 rings (SSSR count). The number of hydrogen-bond donors (Lipinski definition) is 3. The van der Waals surface area contributed by atoms with Crippen LogP contribution in [0.4, 0.5) is 4.79 Å². The smallest absolute Gasteiger partial charge is 0.329 e. The van der Waals surface area contributed by atoms with Gasteiger partial charge in [0.25, 0.3) is 0 Å². The van der Waals surface area contributed by atoms with Crippen molar-refractivity contribution in [2.45, 2.75) is 31.3 Å². The second-order valence-electron chi connectivity index (χ2n) is 5.14. The number of rotatable bonds is 4. The van der Waals surface area contributed by atoms with Crippen LogP contribution in [0.25, 0.3) is 0 Å². The van der Waals surface area contributed by atoms with Gasteiger partial charge in [0.15, 0.2) is 9.84 Å². The summed E-state index contributed by atoms with van der Waals surface area (Å²) in [7, 11) is -3.24. The van der Waals surface area contributed by atoms with E-state index in [1.165, 1.54) is 13.0 Å². The second kappa shape index (κ2) is 4.52. The summed E-state index contributed by atoms with van der Waals surface area (Å²) in [5.41, 5.74) is -1.30. The first-order valence-corrected chi connectivity index (χ1v) is 7.67. The molecule has 7 nitrogen and oxygen atoms in total. The molecule has 8 heteroatoms. The van der Waals surface area contributed by atoms with Gasteiger partial charge < -0.3 is 15.7 Å². The summed E-state index contributed by atoms with van der Waals surface area (Å²) >= 11 is 0. The monoisotopic (exact) mass is 288 g/mol. The normalized spacial score (nSPS) is 27.5. The van der Waals surface area contributed by atoms with Crippen molar-refractivity contribution in [2.24, 2.45) is 5.92 Å². The zero-order valence-electron chi connectivity index (χ0n) is 10.4. The van der Waals surface area contributed by atoms with Gasteiger partial charge in [-0.1, -0.05) is 0 Å². The molecule has 106 valence electrons. The Labute approximate surface area is 111 Å². The van der Waals surface area contributed by atoms with Gasteiger partial charge in [-0.3, -0.25) is 0 Å². The Balaban J connectivity index is 1.94. The lowest BCUT2D eigenvalue weighted by atomic mass is 9.96. The van der Waals surface area contributed by atoms with Crippen LogP contribution in [0.15, 0.2) is 11.5 Å². The molecule has 1 aliphatic carbocycles. The fourth-order valence-corrected chi connectivity index (χ4v) is 3.33. The van der Waals surface area contributed by atoms with E-state index in [0.717, 1.165) is 18.2 Å². The van der Waals surface area contributed by atoms with Crippen LogP contribution in [0.5, 0.6) is 0 Å². The Morgan fingerprint density at radius 1 is 1.37 bits per heavy atom. The summed E-state index contributed by atoms with van der Waals surface area (Å²) in [6.07, 6.45) is 2.91. The molecule has 0 aromatic carbocycles. The molecule has 0 radical (unpaired) electrons. The average molecular weight is 288 g/mol. The van der Waals surface area contributed by atoms with E-state index in [9.17, 15) is 23.1 Å².